The first kappa shape index (κ1) is 23.5. The summed E-state index contributed by atoms with van der Waals surface area (Å²) in [6.07, 6.45) is 0. The fraction of sp³-hybridized carbons (Fsp3) is 0. The molecule has 2 amide bonds. The molecule has 0 spiro atoms. The Bertz CT molecular complexity index is 1610. The Morgan fingerprint density at radius 3 is 1.97 bits per heavy atom. The summed E-state index contributed by atoms with van der Waals surface area (Å²) < 4.78 is 0. The molecular weight excluding hydrogens is 464 g/mol. The average molecular weight is 487 g/mol. The summed E-state index contributed by atoms with van der Waals surface area (Å²) in [6.45, 7) is 0. The predicted molar refractivity (Wildman–Crippen MR) is 145 cm³/mol. The van der Waals surface area contributed by atoms with Gasteiger partial charge in [-0.1, -0.05) is 66.7 Å². The lowest BCUT2D eigenvalue weighted by atomic mass is 10.1. The van der Waals surface area contributed by atoms with Crippen molar-refractivity contribution in [1.29, 1.82) is 0 Å². The van der Waals surface area contributed by atoms with Crippen LogP contribution in [-0.2, 0) is 0 Å². The van der Waals surface area contributed by atoms with Crippen LogP contribution >= 0.6 is 0 Å². The molecule has 5 rings (SSSR count). The van der Waals surface area contributed by atoms with Crippen LogP contribution in [0.2, 0.25) is 0 Å². The molecule has 0 fully saturated rings. The van der Waals surface area contributed by atoms with E-state index in [0.29, 0.717) is 11.3 Å². The number of para-hydroxylation sites is 1. The summed E-state index contributed by atoms with van der Waals surface area (Å²) in [5.74, 6) is -1.95. The molecule has 0 saturated carbocycles. The van der Waals surface area contributed by atoms with E-state index in [2.05, 4.69) is 5.32 Å². The molecule has 0 heterocycles. The van der Waals surface area contributed by atoms with Gasteiger partial charge in [0.1, 0.15) is 0 Å². The fourth-order valence-electron chi connectivity index (χ4n) is 4.24. The van der Waals surface area contributed by atoms with Gasteiger partial charge >= 0.3 is 5.97 Å². The second-order valence-corrected chi connectivity index (χ2v) is 8.36. The third-order valence-corrected chi connectivity index (χ3v) is 6.02. The van der Waals surface area contributed by atoms with Crippen molar-refractivity contribution < 1.29 is 19.5 Å². The Morgan fingerprint density at radius 2 is 1.24 bits per heavy atom. The SMILES string of the molecule is O=C(O)c1ccccc1C(=O)Nc1ccc(C(=O)N(c2ccccc2)c2cccc3ccccc23)cc1. The number of fused-ring (bicyclic) bond motifs is 1. The predicted octanol–water partition coefficient (Wildman–Crippen LogP) is 6.77. The summed E-state index contributed by atoms with van der Waals surface area (Å²) in [5.41, 5.74) is 2.34. The van der Waals surface area contributed by atoms with Crippen LogP contribution in [0.15, 0.2) is 121 Å². The molecule has 0 atom stereocenters. The van der Waals surface area contributed by atoms with E-state index < -0.39 is 11.9 Å². The van der Waals surface area contributed by atoms with Gasteiger partial charge in [0.15, 0.2) is 0 Å². The number of carbonyl (C=O) groups excluding carboxylic acids is 2. The van der Waals surface area contributed by atoms with Crippen LogP contribution in [0.4, 0.5) is 17.1 Å². The largest absolute Gasteiger partial charge is 0.478 e. The summed E-state index contributed by atoms with van der Waals surface area (Å²) in [5, 5.41) is 14.0. The normalized spacial score (nSPS) is 10.6. The summed E-state index contributed by atoms with van der Waals surface area (Å²) in [4.78, 5) is 39.7. The van der Waals surface area contributed by atoms with Gasteiger partial charge in [-0.2, -0.15) is 0 Å². The average Bonchev–Trinajstić information content (AvgIpc) is 2.94. The number of aromatic carboxylic acids is 1. The van der Waals surface area contributed by atoms with Crippen molar-refractivity contribution in [3.05, 3.63) is 138 Å². The van der Waals surface area contributed by atoms with Crippen LogP contribution in [-0.4, -0.2) is 22.9 Å². The van der Waals surface area contributed by atoms with E-state index in [9.17, 15) is 19.5 Å². The Hall–Kier alpha value is -5.23. The maximum absolute atomic E-state index is 13.8. The number of hydrogen-bond donors (Lipinski definition) is 2. The summed E-state index contributed by atoms with van der Waals surface area (Å²) in [7, 11) is 0. The molecule has 5 aromatic rings. The first-order valence-electron chi connectivity index (χ1n) is 11.6. The molecule has 2 N–H and O–H groups in total. The highest BCUT2D eigenvalue weighted by Gasteiger charge is 2.22. The second-order valence-electron chi connectivity index (χ2n) is 8.36. The van der Waals surface area contributed by atoms with Crippen LogP contribution < -0.4 is 10.2 Å². The summed E-state index contributed by atoms with van der Waals surface area (Å²) >= 11 is 0. The number of carbonyl (C=O) groups is 3. The molecule has 37 heavy (non-hydrogen) atoms. The molecule has 180 valence electrons. The van der Waals surface area contributed by atoms with Crippen molar-refractivity contribution in [2.75, 3.05) is 10.2 Å². The van der Waals surface area contributed by atoms with E-state index in [0.717, 1.165) is 22.1 Å². The number of hydrogen-bond acceptors (Lipinski definition) is 3. The topological polar surface area (TPSA) is 86.7 Å². The fourth-order valence-corrected chi connectivity index (χ4v) is 4.24. The maximum Gasteiger partial charge on any atom is 0.336 e. The van der Waals surface area contributed by atoms with Crippen molar-refractivity contribution in [3.63, 3.8) is 0 Å². The first-order valence-corrected chi connectivity index (χ1v) is 11.6. The van der Waals surface area contributed by atoms with E-state index >= 15 is 0 Å². The van der Waals surface area contributed by atoms with Crippen molar-refractivity contribution >= 4 is 45.6 Å². The van der Waals surface area contributed by atoms with Crippen LogP contribution in [0.25, 0.3) is 10.8 Å². The molecule has 6 heteroatoms. The standard InChI is InChI=1S/C31H22N2O4/c34-29(26-14-6-7-15-27(26)31(36)37)32-23-19-17-22(18-20-23)30(35)33(24-11-2-1-3-12-24)28-16-8-10-21-9-4-5-13-25(21)28/h1-20H,(H,32,34)(H,36,37). The number of amides is 2. The molecular formula is C31H22N2O4. The molecule has 0 aliphatic rings. The molecule has 0 aliphatic heterocycles. The molecule has 0 unspecified atom stereocenters. The summed E-state index contributed by atoms with van der Waals surface area (Å²) in [6, 6.07) is 35.7. The first-order chi connectivity index (χ1) is 18.0. The van der Waals surface area contributed by atoms with E-state index in [1.807, 2.05) is 72.8 Å². The van der Waals surface area contributed by atoms with Crippen molar-refractivity contribution in [1.82, 2.24) is 0 Å². The molecule has 5 aromatic carbocycles. The van der Waals surface area contributed by atoms with Crippen molar-refractivity contribution in [2.45, 2.75) is 0 Å². The number of rotatable bonds is 6. The Labute approximate surface area is 213 Å². The van der Waals surface area contributed by atoms with Crippen LogP contribution in [0, 0.1) is 0 Å². The number of nitrogens with one attached hydrogen (secondary N) is 1. The van der Waals surface area contributed by atoms with Gasteiger partial charge in [0.05, 0.1) is 16.8 Å². The molecule has 0 radical (unpaired) electrons. The molecule has 0 aliphatic carbocycles. The van der Waals surface area contributed by atoms with Gasteiger partial charge in [0.25, 0.3) is 11.8 Å². The number of anilines is 3. The maximum atomic E-state index is 13.8. The minimum Gasteiger partial charge on any atom is -0.478 e. The van der Waals surface area contributed by atoms with E-state index in [4.69, 9.17) is 0 Å². The monoisotopic (exact) mass is 486 g/mol. The Balaban J connectivity index is 1.46. The lowest BCUT2D eigenvalue weighted by Gasteiger charge is -2.25. The lowest BCUT2D eigenvalue weighted by Crippen LogP contribution is -2.26. The lowest BCUT2D eigenvalue weighted by molar-refractivity contribution is 0.0692. The third-order valence-electron chi connectivity index (χ3n) is 6.02. The van der Waals surface area contributed by atoms with Gasteiger partial charge in [-0.05, 0) is 60.0 Å². The van der Waals surface area contributed by atoms with Crippen LogP contribution in [0.5, 0.6) is 0 Å². The minimum atomic E-state index is -1.18. The zero-order chi connectivity index (χ0) is 25.8. The molecule has 0 saturated heterocycles. The van der Waals surface area contributed by atoms with E-state index in [1.54, 1.807) is 41.3 Å². The van der Waals surface area contributed by atoms with Gasteiger partial charge < -0.3 is 10.4 Å². The number of benzene rings is 5. The highest BCUT2D eigenvalue weighted by atomic mass is 16.4. The molecule has 0 aromatic heterocycles. The van der Waals surface area contributed by atoms with Gasteiger partial charge in [-0.25, -0.2) is 4.79 Å². The smallest absolute Gasteiger partial charge is 0.336 e. The van der Waals surface area contributed by atoms with E-state index in [1.165, 1.54) is 12.1 Å². The highest BCUT2D eigenvalue weighted by Crippen LogP contribution is 2.33. The Morgan fingerprint density at radius 1 is 0.622 bits per heavy atom. The zero-order valence-electron chi connectivity index (χ0n) is 19.7. The van der Waals surface area contributed by atoms with Crippen LogP contribution in [0.1, 0.15) is 31.1 Å². The number of carboxylic acid groups (broad SMARTS) is 1. The zero-order valence-corrected chi connectivity index (χ0v) is 19.7. The van der Waals surface area contributed by atoms with Gasteiger partial charge in [-0.3, -0.25) is 14.5 Å². The van der Waals surface area contributed by atoms with E-state index in [-0.39, 0.29) is 17.0 Å². The van der Waals surface area contributed by atoms with Crippen molar-refractivity contribution in [2.24, 2.45) is 0 Å². The Kier molecular flexibility index (Phi) is 6.46. The molecule has 0 bridgehead atoms. The quantitative estimate of drug-likeness (QED) is 0.277. The van der Waals surface area contributed by atoms with Crippen molar-refractivity contribution in [3.8, 4) is 0 Å². The highest BCUT2D eigenvalue weighted by molar-refractivity contribution is 6.15. The minimum absolute atomic E-state index is 0.0568. The molecule has 6 nitrogen and oxygen atoms in total. The van der Waals surface area contributed by atoms with Gasteiger partial charge in [0, 0.05) is 22.3 Å². The third kappa shape index (κ3) is 4.81. The number of nitrogens with zero attached hydrogens (tertiary/aromatic N) is 1. The van der Waals surface area contributed by atoms with Crippen LogP contribution in [0.3, 0.4) is 0 Å². The number of carboxylic acids is 1. The van der Waals surface area contributed by atoms with Gasteiger partial charge in [0.2, 0.25) is 0 Å². The second kappa shape index (κ2) is 10.2. The van der Waals surface area contributed by atoms with Gasteiger partial charge in [-0.15, -0.1) is 0 Å².